The van der Waals surface area contributed by atoms with Crippen molar-refractivity contribution in [1.29, 1.82) is 5.26 Å². The zero-order valence-corrected chi connectivity index (χ0v) is 8.06. The van der Waals surface area contributed by atoms with Crippen molar-refractivity contribution < 1.29 is 0 Å². The third-order valence-electron chi connectivity index (χ3n) is 2.90. The van der Waals surface area contributed by atoms with Gasteiger partial charge in [-0.2, -0.15) is 5.26 Å². The van der Waals surface area contributed by atoms with Crippen LogP contribution in [-0.4, -0.2) is 0 Å². The zero-order valence-electron chi connectivity index (χ0n) is 8.06. The first-order valence-corrected chi connectivity index (χ1v) is 4.86. The maximum absolute atomic E-state index is 8.74. The number of rotatable bonds is 1. The number of nitriles is 1. The van der Waals surface area contributed by atoms with Gasteiger partial charge in [0.05, 0.1) is 6.07 Å². The quantitative estimate of drug-likeness (QED) is 0.543. The van der Waals surface area contributed by atoms with Gasteiger partial charge in [0.1, 0.15) is 0 Å². The smallest absolute Gasteiger partial charge is 0.0943 e. The second-order valence-electron chi connectivity index (χ2n) is 3.71. The van der Waals surface area contributed by atoms with E-state index < -0.39 is 0 Å². The van der Waals surface area contributed by atoms with Gasteiger partial charge < -0.3 is 0 Å². The Kier molecular flexibility index (Phi) is 3.34. The maximum atomic E-state index is 8.74. The predicted octanol–water partition coefficient (Wildman–Crippen LogP) is 3.43. The molecule has 0 radical (unpaired) electrons. The van der Waals surface area contributed by atoms with E-state index >= 15 is 0 Å². The molecule has 0 saturated heterocycles. The average molecular weight is 163 g/mol. The molecule has 1 unspecified atom stereocenters. The van der Waals surface area contributed by atoms with Gasteiger partial charge in [-0.05, 0) is 38.5 Å². The number of hydrogen-bond acceptors (Lipinski definition) is 1. The standard InChI is InChI=1S/C11H17N/c1-3-10-5-4-6-11(7-10)9(2)8-12/h10H,3-7H2,1-2H3/b11-9-. The SMILES string of the molecule is CCC1CCC/C(=C(\C)C#N)C1. The van der Waals surface area contributed by atoms with Crippen LogP contribution in [0.2, 0.25) is 0 Å². The number of hydrogen-bond donors (Lipinski definition) is 0. The lowest BCUT2D eigenvalue weighted by Gasteiger charge is -2.23. The number of allylic oxidation sites excluding steroid dienone is 2. The van der Waals surface area contributed by atoms with E-state index in [1.54, 1.807) is 0 Å². The van der Waals surface area contributed by atoms with Gasteiger partial charge in [0.2, 0.25) is 0 Å². The summed E-state index contributed by atoms with van der Waals surface area (Å²) in [5, 5.41) is 8.74. The molecular weight excluding hydrogens is 146 g/mol. The summed E-state index contributed by atoms with van der Waals surface area (Å²) in [6.45, 7) is 4.20. The minimum Gasteiger partial charge on any atom is -0.193 e. The highest BCUT2D eigenvalue weighted by atomic mass is 14.3. The fourth-order valence-electron chi connectivity index (χ4n) is 1.92. The van der Waals surface area contributed by atoms with E-state index in [-0.39, 0.29) is 0 Å². The highest BCUT2D eigenvalue weighted by Gasteiger charge is 2.16. The van der Waals surface area contributed by atoms with Crippen LogP contribution in [0.15, 0.2) is 11.1 Å². The molecule has 0 aromatic rings. The lowest BCUT2D eigenvalue weighted by atomic mass is 9.82. The lowest BCUT2D eigenvalue weighted by Crippen LogP contribution is -2.08. The summed E-state index contributed by atoms with van der Waals surface area (Å²) >= 11 is 0. The van der Waals surface area contributed by atoms with Gasteiger partial charge in [0.15, 0.2) is 0 Å². The van der Waals surface area contributed by atoms with Gasteiger partial charge >= 0.3 is 0 Å². The van der Waals surface area contributed by atoms with Crippen LogP contribution in [0.4, 0.5) is 0 Å². The molecule has 1 rings (SSSR count). The minimum absolute atomic E-state index is 0.844. The molecule has 0 N–H and O–H groups in total. The van der Waals surface area contributed by atoms with Crippen molar-refractivity contribution in [2.24, 2.45) is 5.92 Å². The Bertz CT molecular complexity index is 220. The molecule has 66 valence electrons. The summed E-state index contributed by atoms with van der Waals surface area (Å²) in [6.07, 6.45) is 6.25. The van der Waals surface area contributed by atoms with Crippen molar-refractivity contribution in [3.63, 3.8) is 0 Å². The van der Waals surface area contributed by atoms with Gasteiger partial charge in [0.25, 0.3) is 0 Å². The molecule has 1 heteroatoms. The highest BCUT2D eigenvalue weighted by molar-refractivity contribution is 5.26. The van der Waals surface area contributed by atoms with Gasteiger partial charge in [0, 0.05) is 5.57 Å². The largest absolute Gasteiger partial charge is 0.193 e. The first-order valence-electron chi connectivity index (χ1n) is 4.86. The van der Waals surface area contributed by atoms with Crippen molar-refractivity contribution >= 4 is 0 Å². The van der Waals surface area contributed by atoms with Crippen LogP contribution in [0, 0.1) is 17.2 Å². The summed E-state index contributed by atoms with van der Waals surface area (Å²) in [6, 6.07) is 2.26. The van der Waals surface area contributed by atoms with Crippen molar-refractivity contribution in [1.82, 2.24) is 0 Å². The molecule has 0 spiro atoms. The molecule has 0 amide bonds. The molecule has 1 fully saturated rings. The van der Waals surface area contributed by atoms with Gasteiger partial charge in [-0.15, -0.1) is 0 Å². The van der Waals surface area contributed by atoms with E-state index in [9.17, 15) is 0 Å². The van der Waals surface area contributed by atoms with Crippen LogP contribution in [0.1, 0.15) is 46.0 Å². The van der Waals surface area contributed by atoms with E-state index in [1.165, 1.54) is 31.3 Å². The van der Waals surface area contributed by atoms with Crippen LogP contribution >= 0.6 is 0 Å². The molecule has 1 aliphatic carbocycles. The van der Waals surface area contributed by atoms with E-state index in [1.807, 2.05) is 6.92 Å². The van der Waals surface area contributed by atoms with Gasteiger partial charge in [-0.25, -0.2) is 0 Å². The summed E-state index contributed by atoms with van der Waals surface area (Å²) in [7, 11) is 0. The first-order chi connectivity index (χ1) is 5.77. The van der Waals surface area contributed by atoms with Crippen LogP contribution in [0.3, 0.4) is 0 Å². The summed E-state index contributed by atoms with van der Waals surface area (Å²) in [5.41, 5.74) is 2.38. The Hall–Kier alpha value is -0.770. The third-order valence-corrected chi connectivity index (χ3v) is 2.90. The van der Waals surface area contributed by atoms with E-state index in [0.717, 1.165) is 17.9 Å². The van der Waals surface area contributed by atoms with E-state index in [0.29, 0.717) is 0 Å². The molecule has 0 heterocycles. The van der Waals surface area contributed by atoms with E-state index in [2.05, 4.69) is 13.0 Å². The van der Waals surface area contributed by atoms with E-state index in [4.69, 9.17) is 5.26 Å². The van der Waals surface area contributed by atoms with Crippen LogP contribution in [0.25, 0.3) is 0 Å². The van der Waals surface area contributed by atoms with Crippen molar-refractivity contribution in [2.75, 3.05) is 0 Å². The van der Waals surface area contributed by atoms with Crippen LogP contribution in [-0.2, 0) is 0 Å². The zero-order chi connectivity index (χ0) is 8.97. The average Bonchev–Trinajstić information content (AvgIpc) is 2.17. The normalized spacial score (nSPS) is 27.9. The Morgan fingerprint density at radius 1 is 1.67 bits per heavy atom. The fraction of sp³-hybridized carbons (Fsp3) is 0.727. The number of nitrogens with zero attached hydrogens (tertiary/aromatic N) is 1. The lowest BCUT2D eigenvalue weighted by molar-refractivity contribution is 0.405. The molecule has 0 aromatic carbocycles. The summed E-state index contributed by atoms with van der Waals surface area (Å²) in [5.74, 6) is 0.844. The Morgan fingerprint density at radius 3 is 3.00 bits per heavy atom. The monoisotopic (exact) mass is 163 g/mol. The second kappa shape index (κ2) is 4.30. The third kappa shape index (κ3) is 2.11. The van der Waals surface area contributed by atoms with Gasteiger partial charge in [-0.1, -0.05) is 18.9 Å². The predicted molar refractivity (Wildman–Crippen MR) is 50.6 cm³/mol. The Morgan fingerprint density at radius 2 is 2.42 bits per heavy atom. The summed E-state index contributed by atoms with van der Waals surface area (Å²) < 4.78 is 0. The molecule has 0 bridgehead atoms. The molecule has 0 aliphatic heterocycles. The minimum atomic E-state index is 0.844. The van der Waals surface area contributed by atoms with Crippen molar-refractivity contribution in [2.45, 2.75) is 46.0 Å². The Balaban J connectivity index is 2.64. The molecule has 1 saturated carbocycles. The Labute approximate surface area is 75.1 Å². The van der Waals surface area contributed by atoms with Crippen LogP contribution in [0.5, 0.6) is 0 Å². The molecule has 0 aromatic heterocycles. The van der Waals surface area contributed by atoms with Crippen LogP contribution < -0.4 is 0 Å². The molecular formula is C11H17N. The van der Waals surface area contributed by atoms with Crippen molar-refractivity contribution in [3.8, 4) is 6.07 Å². The maximum Gasteiger partial charge on any atom is 0.0943 e. The molecule has 1 nitrogen and oxygen atoms in total. The second-order valence-corrected chi connectivity index (χ2v) is 3.71. The molecule has 1 aliphatic rings. The van der Waals surface area contributed by atoms with Gasteiger partial charge in [-0.3, -0.25) is 0 Å². The topological polar surface area (TPSA) is 23.8 Å². The fourth-order valence-corrected chi connectivity index (χ4v) is 1.92. The molecule has 1 atom stereocenters. The highest BCUT2D eigenvalue weighted by Crippen LogP contribution is 2.31. The first kappa shape index (κ1) is 9.32. The summed E-state index contributed by atoms with van der Waals surface area (Å²) in [4.78, 5) is 0. The molecule has 12 heavy (non-hydrogen) atoms. The van der Waals surface area contributed by atoms with Crippen molar-refractivity contribution in [3.05, 3.63) is 11.1 Å².